The van der Waals surface area contributed by atoms with Crippen molar-refractivity contribution >= 4 is 33.1 Å². The lowest BCUT2D eigenvalue weighted by molar-refractivity contribution is -0.117. The molecule has 2 aromatic carbocycles. The first-order chi connectivity index (χ1) is 16.1. The van der Waals surface area contributed by atoms with Crippen molar-refractivity contribution < 1.29 is 26.4 Å². The number of nitrogens with two attached hydrogens (primary N) is 2. The third-order valence-corrected chi connectivity index (χ3v) is 6.51. The number of hydrogen-bond donors (Lipinski definition) is 3. The van der Waals surface area contributed by atoms with Crippen molar-refractivity contribution in [1.29, 1.82) is 0 Å². The number of sulfonamides is 1. The Balaban J connectivity index is 1.57. The molecule has 1 amide bonds. The van der Waals surface area contributed by atoms with Crippen LogP contribution in [0.1, 0.15) is 12.8 Å². The minimum atomic E-state index is -3.94. The molecule has 178 valence electrons. The van der Waals surface area contributed by atoms with Gasteiger partial charge in [-0.05, 0) is 36.6 Å². The van der Waals surface area contributed by atoms with Crippen LogP contribution in [0.4, 0.5) is 30.4 Å². The number of amides is 1. The molecule has 1 aromatic heterocycles. The lowest BCUT2D eigenvalue weighted by Gasteiger charge is -2.27. The van der Waals surface area contributed by atoms with Gasteiger partial charge in [0.15, 0.2) is 11.6 Å². The van der Waals surface area contributed by atoms with Gasteiger partial charge >= 0.3 is 0 Å². The average Bonchev–Trinajstić information content (AvgIpc) is 3.27. The molecule has 3 aromatic rings. The predicted molar refractivity (Wildman–Crippen MR) is 121 cm³/mol. The summed E-state index contributed by atoms with van der Waals surface area (Å²) < 4.78 is 66.2. The molecule has 2 heterocycles. The lowest BCUT2D eigenvalue weighted by Crippen LogP contribution is -2.41. The van der Waals surface area contributed by atoms with Crippen LogP contribution >= 0.6 is 0 Å². The zero-order valence-electron chi connectivity index (χ0n) is 17.6. The van der Waals surface area contributed by atoms with Crippen LogP contribution in [0.2, 0.25) is 0 Å². The normalized spacial score (nSPS) is 16.0. The molecule has 1 aliphatic heterocycles. The molecule has 12 heteroatoms. The molecule has 0 spiro atoms. The molecule has 0 radical (unpaired) electrons. The number of benzene rings is 2. The number of carbonyl (C=O) groups is 1. The van der Waals surface area contributed by atoms with Crippen LogP contribution in [0.25, 0.3) is 11.1 Å². The Labute approximate surface area is 193 Å². The van der Waals surface area contributed by atoms with Gasteiger partial charge < -0.3 is 16.0 Å². The van der Waals surface area contributed by atoms with E-state index in [0.29, 0.717) is 23.2 Å². The fraction of sp³-hybridized carbons (Fsp3) is 0.182. The number of nitrogens with zero attached hydrogens (tertiary/aromatic N) is 2. The summed E-state index contributed by atoms with van der Waals surface area (Å²) in [7, 11) is -3.94. The number of anilines is 3. The number of primary sulfonamides is 1. The number of aromatic nitrogens is 1. The number of halogens is 3. The Bertz CT molecular complexity index is 1340. The Morgan fingerprint density at radius 2 is 1.74 bits per heavy atom. The van der Waals surface area contributed by atoms with Crippen LogP contribution in [0, 0.1) is 17.6 Å². The van der Waals surface area contributed by atoms with Crippen LogP contribution < -0.4 is 21.1 Å². The summed E-state index contributed by atoms with van der Waals surface area (Å²) in [6.45, 7) is 0.123. The largest absolute Gasteiger partial charge is 0.381 e. The van der Waals surface area contributed by atoms with E-state index in [1.807, 2.05) is 0 Å². The molecular weight excluding hydrogens is 471 g/mol. The van der Waals surface area contributed by atoms with Gasteiger partial charge in [0.1, 0.15) is 11.7 Å². The highest BCUT2D eigenvalue weighted by molar-refractivity contribution is 7.89. The highest BCUT2D eigenvalue weighted by Crippen LogP contribution is 2.34. The molecule has 0 unspecified atom stereocenters. The van der Waals surface area contributed by atoms with Crippen molar-refractivity contribution in [3.63, 3.8) is 0 Å². The second-order valence-electron chi connectivity index (χ2n) is 7.72. The molecule has 0 saturated carbocycles. The molecule has 1 fully saturated rings. The van der Waals surface area contributed by atoms with Crippen molar-refractivity contribution in [2.45, 2.75) is 23.8 Å². The highest BCUT2D eigenvalue weighted by Gasteiger charge is 2.36. The summed E-state index contributed by atoms with van der Waals surface area (Å²) in [5, 5.41) is 7.95. The van der Waals surface area contributed by atoms with Gasteiger partial charge in [0.25, 0.3) is 5.95 Å². The summed E-state index contributed by atoms with van der Waals surface area (Å²) in [6.07, 6.45) is 0.735. The molecule has 0 bridgehead atoms. The summed E-state index contributed by atoms with van der Waals surface area (Å²) in [4.78, 5) is 17.0. The van der Waals surface area contributed by atoms with Gasteiger partial charge in [-0.1, -0.05) is 30.3 Å². The smallest absolute Gasteiger partial charge is 0.253 e. The van der Waals surface area contributed by atoms with Crippen molar-refractivity contribution in [2.24, 2.45) is 5.14 Å². The molecule has 8 nitrogen and oxygen atoms in total. The van der Waals surface area contributed by atoms with Crippen LogP contribution in [0.3, 0.4) is 0 Å². The fourth-order valence-corrected chi connectivity index (χ4v) is 4.75. The fourth-order valence-electron chi connectivity index (χ4n) is 3.99. The molecule has 1 aliphatic rings. The molecular formula is C22H20F3N5O3S. The zero-order chi connectivity index (χ0) is 24.6. The van der Waals surface area contributed by atoms with Crippen molar-refractivity contribution in [3.8, 4) is 11.1 Å². The average molecular weight is 491 g/mol. The number of pyridine rings is 1. The monoisotopic (exact) mass is 491 g/mol. The van der Waals surface area contributed by atoms with E-state index < -0.39 is 51.1 Å². The summed E-state index contributed by atoms with van der Waals surface area (Å²) in [5.74, 6) is -5.63. The summed E-state index contributed by atoms with van der Waals surface area (Å²) in [5.41, 5.74) is 5.93. The van der Waals surface area contributed by atoms with Crippen molar-refractivity contribution in [3.05, 3.63) is 66.1 Å². The van der Waals surface area contributed by atoms with Crippen LogP contribution in [-0.2, 0) is 14.8 Å². The van der Waals surface area contributed by atoms with Gasteiger partial charge in [0.2, 0.25) is 21.7 Å². The van der Waals surface area contributed by atoms with Crippen molar-refractivity contribution in [1.82, 2.24) is 4.98 Å². The first kappa shape index (κ1) is 23.5. The van der Waals surface area contributed by atoms with E-state index in [9.17, 15) is 26.4 Å². The van der Waals surface area contributed by atoms with E-state index in [4.69, 9.17) is 10.9 Å². The molecule has 1 atom stereocenters. The van der Waals surface area contributed by atoms with E-state index in [1.54, 1.807) is 42.5 Å². The van der Waals surface area contributed by atoms with Gasteiger partial charge in [-0.3, -0.25) is 4.79 Å². The summed E-state index contributed by atoms with van der Waals surface area (Å²) >= 11 is 0. The SMILES string of the molecule is Nc1nc(F)c(F)c(N2CCC[C@H]2C(=O)Nc2ccc(-c3ccccc3S(N)(=O)=O)cc2)c1F. The number of rotatable bonds is 5. The molecule has 34 heavy (non-hydrogen) atoms. The van der Waals surface area contributed by atoms with Crippen molar-refractivity contribution in [2.75, 3.05) is 22.5 Å². The number of carbonyl (C=O) groups excluding carboxylic acids is 1. The van der Waals surface area contributed by atoms with E-state index in [0.717, 1.165) is 4.90 Å². The minimum absolute atomic E-state index is 0.0405. The topological polar surface area (TPSA) is 131 Å². The Hall–Kier alpha value is -3.64. The van der Waals surface area contributed by atoms with E-state index in [-0.39, 0.29) is 17.9 Å². The Morgan fingerprint density at radius 1 is 1.06 bits per heavy atom. The first-order valence-electron chi connectivity index (χ1n) is 10.2. The molecule has 4 rings (SSSR count). The van der Waals surface area contributed by atoms with Crippen LogP contribution in [0.5, 0.6) is 0 Å². The van der Waals surface area contributed by atoms with E-state index in [2.05, 4.69) is 10.3 Å². The highest BCUT2D eigenvalue weighted by atomic mass is 32.2. The number of nitrogen functional groups attached to an aromatic ring is 1. The first-order valence-corrected chi connectivity index (χ1v) is 11.7. The zero-order valence-corrected chi connectivity index (χ0v) is 18.4. The predicted octanol–water partition coefficient (Wildman–Crippen LogP) is 3.00. The van der Waals surface area contributed by atoms with Crippen LogP contribution in [0.15, 0.2) is 53.4 Å². The Kier molecular flexibility index (Phi) is 6.19. The number of nitrogens with one attached hydrogen (secondary N) is 1. The van der Waals surface area contributed by atoms with Gasteiger partial charge in [-0.25, -0.2) is 17.9 Å². The second-order valence-corrected chi connectivity index (χ2v) is 9.25. The maximum atomic E-state index is 14.5. The van der Waals surface area contributed by atoms with E-state index in [1.165, 1.54) is 6.07 Å². The van der Waals surface area contributed by atoms with E-state index >= 15 is 0 Å². The minimum Gasteiger partial charge on any atom is -0.381 e. The maximum Gasteiger partial charge on any atom is 0.253 e. The molecule has 1 saturated heterocycles. The van der Waals surface area contributed by atoms with Gasteiger partial charge in [-0.15, -0.1) is 0 Å². The summed E-state index contributed by atoms with van der Waals surface area (Å²) in [6, 6.07) is 11.6. The quantitative estimate of drug-likeness (QED) is 0.470. The third kappa shape index (κ3) is 4.41. The van der Waals surface area contributed by atoms with Crippen LogP contribution in [-0.4, -0.2) is 31.9 Å². The van der Waals surface area contributed by atoms with Gasteiger partial charge in [0.05, 0.1) is 4.90 Å². The van der Waals surface area contributed by atoms with Gasteiger partial charge in [-0.2, -0.15) is 13.8 Å². The maximum absolute atomic E-state index is 14.5. The standard InChI is InChI=1S/C22H20F3N5O3S/c23-17-19(18(24)21(26)29-20(17)25)30-11-3-5-15(30)22(31)28-13-9-7-12(8-10-13)14-4-1-2-6-16(14)34(27,32)33/h1-2,4,6-10,15H,3,5,11H2,(H2,26,29)(H,28,31)(H2,27,32,33)/t15-/m0/s1. The lowest BCUT2D eigenvalue weighted by atomic mass is 10.1. The number of hydrogen-bond acceptors (Lipinski definition) is 6. The third-order valence-electron chi connectivity index (χ3n) is 5.54. The van der Waals surface area contributed by atoms with Gasteiger partial charge in [0, 0.05) is 17.8 Å². The molecule has 0 aliphatic carbocycles. The Morgan fingerprint density at radius 3 is 2.41 bits per heavy atom. The molecule has 5 N–H and O–H groups in total. The second kappa shape index (κ2) is 8.95.